The zero-order chi connectivity index (χ0) is 13.3. The molecule has 1 aliphatic carbocycles. The summed E-state index contributed by atoms with van der Waals surface area (Å²) in [6.07, 6.45) is 3.62. The van der Waals surface area contributed by atoms with E-state index in [2.05, 4.69) is 17.4 Å². The van der Waals surface area contributed by atoms with E-state index in [0.717, 1.165) is 43.7 Å². The summed E-state index contributed by atoms with van der Waals surface area (Å²) < 4.78 is 10.9. The first-order valence-corrected chi connectivity index (χ1v) is 6.96. The molecule has 0 unspecified atom stereocenters. The van der Waals surface area contributed by atoms with Crippen molar-refractivity contribution in [2.75, 3.05) is 20.4 Å². The van der Waals surface area contributed by atoms with E-state index in [0.29, 0.717) is 6.79 Å². The second-order valence-corrected chi connectivity index (χ2v) is 5.61. The zero-order valence-electron chi connectivity index (χ0n) is 11.3. The molecule has 0 radical (unpaired) electrons. The molecule has 104 valence electrons. The van der Waals surface area contributed by atoms with Crippen LogP contribution in [0.15, 0.2) is 18.2 Å². The molecule has 0 aromatic heterocycles. The van der Waals surface area contributed by atoms with Crippen LogP contribution in [-0.4, -0.2) is 31.6 Å². The molecule has 0 spiro atoms. The van der Waals surface area contributed by atoms with Gasteiger partial charge in [-0.25, -0.2) is 0 Å². The Labute approximate surface area is 113 Å². The Balaban J connectivity index is 1.91. The molecule has 2 N–H and O–H groups in total. The van der Waals surface area contributed by atoms with Crippen LogP contribution in [0, 0.1) is 0 Å². The number of fused-ring (bicyclic) bond motifs is 1. The summed E-state index contributed by atoms with van der Waals surface area (Å²) in [7, 11) is 1.99. The number of likely N-dealkylation sites (N-methyl/N-ethyl adjacent to an activating group) is 1. The van der Waals surface area contributed by atoms with Crippen LogP contribution in [0.5, 0.6) is 11.5 Å². The highest BCUT2D eigenvalue weighted by atomic mass is 16.7. The molecule has 4 heteroatoms. The van der Waals surface area contributed by atoms with E-state index in [9.17, 15) is 5.11 Å². The fourth-order valence-electron chi connectivity index (χ4n) is 3.29. The van der Waals surface area contributed by atoms with E-state index in [1.54, 1.807) is 0 Å². The second-order valence-electron chi connectivity index (χ2n) is 5.61. The van der Waals surface area contributed by atoms with Crippen molar-refractivity contribution < 1.29 is 14.6 Å². The highest BCUT2D eigenvalue weighted by Crippen LogP contribution is 2.43. The average Bonchev–Trinajstić information content (AvgIpc) is 2.89. The van der Waals surface area contributed by atoms with Crippen molar-refractivity contribution >= 4 is 0 Å². The Kier molecular flexibility index (Phi) is 3.37. The van der Waals surface area contributed by atoms with Gasteiger partial charge in [-0.15, -0.1) is 0 Å². The Morgan fingerprint density at radius 2 is 2.00 bits per heavy atom. The zero-order valence-corrected chi connectivity index (χ0v) is 11.3. The molecule has 1 aliphatic heterocycles. The monoisotopic (exact) mass is 263 g/mol. The maximum Gasteiger partial charge on any atom is 0.231 e. The van der Waals surface area contributed by atoms with Gasteiger partial charge in [-0.1, -0.05) is 6.07 Å². The lowest BCUT2D eigenvalue weighted by atomic mass is 9.68. The van der Waals surface area contributed by atoms with Crippen LogP contribution in [0.2, 0.25) is 0 Å². The summed E-state index contributed by atoms with van der Waals surface area (Å²) >= 11 is 0. The second kappa shape index (κ2) is 5.02. The van der Waals surface area contributed by atoms with Crippen molar-refractivity contribution in [3.05, 3.63) is 23.8 Å². The Hall–Kier alpha value is -1.26. The first-order chi connectivity index (χ1) is 9.23. The van der Waals surface area contributed by atoms with Gasteiger partial charge in [0.05, 0.1) is 6.10 Å². The lowest BCUT2D eigenvalue weighted by molar-refractivity contribution is 0.0951. The van der Waals surface area contributed by atoms with Crippen molar-refractivity contribution in [1.29, 1.82) is 0 Å². The van der Waals surface area contributed by atoms with Gasteiger partial charge in [0.15, 0.2) is 11.5 Å². The summed E-state index contributed by atoms with van der Waals surface area (Å²) in [4.78, 5) is 0. The van der Waals surface area contributed by atoms with Crippen molar-refractivity contribution in [3.8, 4) is 11.5 Å². The van der Waals surface area contributed by atoms with Crippen LogP contribution in [0.4, 0.5) is 0 Å². The molecule has 0 saturated heterocycles. The Bertz CT molecular complexity index is 453. The molecular weight excluding hydrogens is 242 g/mol. The maximum absolute atomic E-state index is 9.75. The molecule has 1 saturated carbocycles. The van der Waals surface area contributed by atoms with Gasteiger partial charge in [0.1, 0.15) is 0 Å². The lowest BCUT2D eigenvalue weighted by Gasteiger charge is -2.39. The highest BCUT2D eigenvalue weighted by Gasteiger charge is 2.36. The van der Waals surface area contributed by atoms with Crippen LogP contribution in [-0.2, 0) is 5.41 Å². The minimum atomic E-state index is -0.140. The molecule has 1 aromatic rings. The molecule has 0 atom stereocenters. The maximum atomic E-state index is 9.75. The number of hydrogen-bond donors (Lipinski definition) is 2. The number of ether oxygens (including phenoxy) is 2. The van der Waals surface area contributed by atoms with Crippen LogP contribution >= 0.6 is 0 Å². The molecule has 1 fully saturated rings. The van der Waals surface area contributed by atoms with Gasteiger partial charge in [-0.2, -0.15) is 0 Å². The summed E-state index contributed by atoms with van der Waals surface area (Å²) in [5.41, 5.74) is 1.40. The topological polar surface area (TPSA) is 50.7 Å². The van der Waals surface area contributed by atoms with Gasteiger partial charge in [-0.05, 0) is 50.4 Å². The molecule has 0 amide bonds. The smallest absolute Gasteiger partial charge is 0.231 e. The number of benzene rings is 1. The number of rotatable bonds is 3. The molecular formula is C15H21NO3. The number of aliphatic hydroxyl groups excluding tert-OH is 1. The van der Waals surface area contributed by atoms with Gasteiger partial charge in [-0.3, -0.25) is 0 Å². The quantitative estimate of drug-likeness (QED) is 0.873. The predicted molar refractivity (Wildman–Crippen MR) is 72.6 cm³/mol. The average molecular weight is 263 g/mol. The molecule has 1 heterocycles. The minimum absolute atomic E-state index is 0.106. The summed E-state index contributed by atoms with van der Waals surface area (Å²) in [5.74, 6) is 1.68. The number of nitrogens with one attached hydrogen (secondary N) is 1. The van der Waals surface area contributed by atoms with Crippen molar-refractivity contribution in [3.63, 3.8) is 0 Å². The van der Waals surface area contributed by atoms with Crippen molar-refractivity contribution in [1.82, 2.24) is 5.32 Å². The van der Waals surface area contributed by atoms with Crippen LogP contribution in [0.1, 0.15) is 31.2 Å². The van der Waals surface area contributed by atoms with E-state index in [-0.39, 0.29) is 11.5 Å². The fraction of sp³-hybridized carbons (Fsp3) is 0.600. The normalized spacial score (nSPS) is 29.5. The van der Waals surface area contributed by atoms with Gasteiger partial charge >= 0.3 is 0 Å². The van der Waals surface area contributed by atoms with Gasteiger partial charge in [0.2, 0.25) is 6.79 Å². The van der Waals surface area contributed by atoms with Gasteiger partial charge in [0.25, 0.3) is 0 Å². The van der Waals surface area contributed by atoms with Crippen LogP contribution in [0.3, 0.4) is 0 Å². The predicted octanol–water partition coefficient (Wildman–Crippen LogP) is 1.81. The highest BCUT2D eigenvalue weighted by molar-refractivity contribution is 5.47. The third-order valence-electron chi connectivity index (χ3n) is 4.41. The van der Waals surface area contributed by atoms with E-state index in [4.69, 9.17) is 9.47 Å². The summed E-state index contributed by atoms with van der Waals surface area (Å²) in [6, 6.07) is 6.25. The first kappa shape index (κ1) is 12.8. The third-order valence-corrected chi connectivity index (χ3v) is 4.41. The van der Waals surface area contributed by atoms with Gasteiger partial charge in [0, 0.05) is 12.0 Å². The van der Waals surface area contributed by atoms with E-state index >= 15 is 0 Å². The van der Waals surface area contributed by atoms with E-state index in [1.165, 1.54) is 5.56 Å². The van der Waals surface area contributed by atoms with Crippen LogP contribution in [0.25, 0.3) is 0 Å². The van der Waals surface area contributed by atoms with E-state index in [1.807, 2.05) is 13.1 Å². The molecule has 4 nitrogen and oxygen atoms in total. The van der Waals surface area contributed by atoms with Gasteiger partial charge < -0.3 is 19.9 Å². The molecule has 0 bridgehead atoms. The third kappa shape index (κ3) is 2.30. The fourth-order valence-corrected chi connectivity index (χ4v) is 3.29. The largest absolute Gasteiger partial charge is 0.454 e. The Morgan fingerprint density at radius 1 is 1.26 bits per heavy atom. The number of hydrogen-bond acceptors (Lipinski definition) is 4. The minimum Gasteiger partial charge on any atom is -0.454 e. The van der Waals surface area contributed by atoms with Crippen LogP contribution < -0.4 is 14.8 Å². The van der Waals surface area contributed by atoms with Crippen molar-refractivity contribution in [2.24, 2.45) is 0 Å². The standard InChI is InChI=1S/C15H21NO3/c1-16-9-15(6-4-12(17)5-7-15)11-2-3-13-14(8-11)19-10-18-13/h2-3,8,12,16-17H,4-7,9-10H2,1H3. The molecule has 1 aromatic carbocycles. The molecule has 3 rings (SSSR count). The summed E-state index contributed by atoms with van der Waals surface area (Å²) in [5, 5.41) is 13.1. The Morgan fingerprint density at radius 3 is 2.74 bits per heavy atom. The number of aliphatic hydroxyl groups is 1. The molecule has 19 heavy (non-hydrogen) atoms. The molecule has 2 aliphatic rings. The van der Waals surface area contributed by atoms with Crippen molar-refractivity contribution in [2.45, 2.75) is 37.2 Å². The lowest BCUT2D eigenvalue weighted by Crippen LogP contribution is -2.41. The SMILES string of the molecule is CNCC1(c2ccc3c(c2)OCO3)CCC(O)CC1. The first-order valence-electron chi connectivity index (χ1n) is 6.96. The van der Waals surface area contributed by atoms with E-state index < -0.39 is 0 Å². The summed E-state index contributed by atoms with van der Waals surface area (Å²) in [6.45, 7) is 1.25.